The van der Waals surface area contributed by atoms with E-state index in [0.717, 1.165) is 17.1 Å². The van der Waals surface area contributed by atoms with Crippen molar-refractivity contribution in [2.45, 2.75) is 18.9 Å². The van der Waals surface area contributed by atoms with E-state index >= 15 is 0 Å². The van der Waals surface area contributed by atoms with Gasteiger partial charge in [0.15, 0.2) is 11.5 Å². The SMILES string of the molecule is COCC(O)CNC(=O)CCc1ccc2c(c1)OCO2. The number of fused-ring (bicyclic) bond motifs is 1. The number of amides is 1. The van der Waals surface area contributed by atoms with Crippen LogP contribution in [-0.4, -0.2) is 44.2 Å². The molecule has 1 amide bonds. The van der Waals surface area contributed by atoms with Gasteiger partial charge in [-0.3, -0.25) is 4.79 Å². The second-order valence-corrected chi connectivity index (χ2v) is 4.60. The Hall–Kier alpha value is -1.79. The fraction of sp³-hybridized carbons (Fsp3) is 0.500. The van der Waals surface area contributed by atoms with Crippen molar-refractivity contribution in [3.05, 3.63) is 23.8 Å². The van der Waals surface area contributed by atoms with Crippen molar-refractivity contribution < 1.29 is 24.1 Å². The molecule has 1 aromatic carbocycles. The largest absolute Gasteiger partial charge is 0.454 e. The van der Waals surface area contributed by atoms with Gasteiger partial charge in [-0.25, -0.2) is 0 Å². The fourth-order valence-electron chi connectivity index (χ4n) is 1.93. The molecule has 20 heavy (non-hydrogen) atoms. The van der Waals surface area contributed by atoms with Gasteiger partial charge in [0.1, 0.15) is 0 Å². The Morgan fingerprint density at radius 2 is 2.25 bits per heavy atom. The summed E-state index contributed by atoms with van der Waals surface area (Å²) in [5, 5.41) is 12.1. The molecule has 2 N–H and O–H groups in total. The van der Waals surface area contributed by atoms with Crippen LogP contribution in [-0.2, 0) is 16.0 Å². The van der Waals surface area contributed by atoms with E-state index < -0.39 is 6.10 Å². The normalized spacial score (nSPS) is 14.1. The summed E-state index contributed by atoms with van der Waals surface area (Å²) >= 11 is 0. The molecule has 0 saturated carbocycles. The molecule has 6 nitrogen and oxygen atoms in total. The van der Waals surface area contributed by atoms with Crippen molar-refractivity contribution in [3.63, 3.8) is 0 Å². The number of nitrogens with one attached hydrogen (secondary N) is 1. The van der Waals surface area contributed by atoms with E-state index in [1.165, 1.54) is 7.11 Å². The summed E-state index contributed by atoms with van der Waals surface area (Å²) in [5.41, 5.74) is 1.02. The maximum atomic E-state index is 11.6. The van der Waals surface area contributed by atoms with E-state index in [1.54, 1.807) is 0 Å². The molecule has 110 valence electrons. The minimum absolute atomic E-state index is 0.0992. The van der Waals surface area contributed by atoms with E-state index in [-0.39, 0.29) is 25.9 Å². The van der Waals surface area contributed by atoms with E-state index in [1.807, 2.05) is 18.2 Å². The van der Waals surface area contributed by atoms with Crippen molar-refractivity contribution in [1.29, 1.82) is 0 Å². The number of aliphatic hydroxyl groups is 1. The monoisotopic (exact) mass is 281 g/mol. The van der Waals surface area contributed by atoms with Crippen molar-refractivity contribution >= 4 is 5.91 Å². The lowest BCUT2D eigenvalue weighted by atomic mass is 10.1. The van der Waals surface area contributed by atoms with Crippen LogP contribution in [0.15, 0.2) is 18.2 Å². The highest BCUT2D eigenvalue weighted by atomic mass is 16.7. The average Bonchev–Trinajstić information content (AvgIpc) is 2.90. The molecule has 0 aromatic heterocycles. The van der Waals surface area contributed by atoms with Gasteiger partial charge in [0, 0.05) is 20.1 Å². The topological polar surface area (TPSA) is 77.0 Å². The number of benzene rings is 1. The van der Waals surface area contributed by atoms with Gasteiger partial charge >= 0.3 is 0 Å². The van der Waals surface area contributed by atoms with Crippen LogP contribution in [0.3, 0.4) is 0 Å². The van der Waals surface area contributed by atoms with Crippen LogP contribution < -0.4 is 14.8 Å². The average molecular weight is 281 g/mol. The standard InChI is InChI=1S/C14H19NO5/c1-18-8-11(16)7-15-14(17)5-3-10-2-4-12-13(6-10)20-9-19-12/h2,4,6,11,16H,3,5,7-9H2,1H3,(H,15,17). The van der Waals surface area contributed by atoms with Crippen molar-refractivity contribution in [2.24, 2.45) is 0 Å². The first-order chi connectivity index (χ1) is 9.69. The second kappa shape index (κ2) is 7.12. The number of aliphatic hydroxyl groups excluding tert-OH is 1. The van der Waals surface area contributed by atoms with E-state index in [9.17, 15) is 9.90 Å². The van der Waals surface area contributed by atoms with Crippen LogP contribution in [0.5, 0.6) is 11.5 Å². The fourth-order valence-corrected chi connectivity index (χ4v) is 1.93. The minimum atomic E-state index is -0.672. The summed E-state index contributed by atoms with van der Waals surface area (Å²) in [5.74, 6) is 1.36. The van der Waals surface area contributed by atoms with E-state index in [4.69, 9.17) is 14.2 Å². The van der Waals surface area contributed by atoms with E-state index in [2.05, 4.69) is 5.32 Å². The highest BCUT2D eigenvalue weighted by molar-refractivity contribution is 5.76. The van der Waals surface area contributed by atoms with Gasteiger partial charge in [-0.1, -0.05) is 6.07 Å². The Morgan fingerprint density at radius 1 is 1.45 bits per heavy atom. The van der Waals surface area contributed by atoms with Crippen LogP contribution >= 0.6 is 0 Å². The highest BCUT2D eigenvalue weighted by Gasteiger charge is 2.13. The van der Waals surface area contributed by atoms with Crippen LogP contribution in [0.1, 0.15) is 12.0 Å². The molecule has 0 saturated heterocycles. The Labute approximate surface area is 117 Å². The Kier molecular flexibility index (Phi) is 5.20. The van der Waals surface area contributed by atoms with Gasteiger partial charge < -0.3 is 24.6 Å². The molecule has 0 aliphatic carbocycles. The smallest absolute Gasteiger partial charge is 0.231 e. The molecular weight excluding hydrogens is 262 g/mol. The third-order valence-electron chi connectivity index (χ3n) is 2.97. The van der Waals surface area contributed by atoms with Gasteiger partial charge in [0.05, 0.1) is 12.7 Å². The van der Waals surface area contributed by atoms with E-state index in [0.29, 0.717) is 12.8 Å². The van der Waals surface area contributed by atoms with Gasteiger partial charge in [-0.05, 0) is 24.1 Å². The number of hydrogen-bond acceptors (Lipinski definition) is 5. The molecular formula is C14H19NO5. The Balaban J connectivity index is 1.73. The quantitative estimate of drug-likeness (QED) is 0.760. The second-order valence-electron chi connectivity index (χ2n) is 4.60. The summed E-state index contributed by atoms with van der Waals surface area (Å²) < 4.78 is 15.3. The lowest BCUT2D eigenvalue weighted by molar-refractivity contribution is -0.121. The third-order valence-corrected chi connectivity index (χ3v) is 2.97. The molecule has 2 rings (SSSR count). The maximum absolute atomic E-state index is 11.6. The first-order valence-electron chi connectivity index (χ1n) is 6.51. The maximum Gasteiger partial charge on any atom is 0.231 e. The van der Waals surface area contributed by atoms with Crippen LogP contribution in [0.2, 0.25) is 0 Å². The zero-order valence-electron chi connectivity index (χ0n) is 11.4. The summed E-state index contributed by atoms with van der Waals surface area (Å²) in [6.45, 7) is 0.660. The number of ether oxygens (including phenoxy) is 3. The van der Waals surface area contributed by atoms with Gasteiger partial charge in [0.2, 0.25) is 12.7 Å². The molecule has 1 heterocycles. The molecule has 6 heteroatoms. The number of hydrogen-bond donors (Lipinski definition) is 2. The number of carbonyl (C=O) groups is 1. The van der Waals surface area contributed by atoms with Crippen molar-refractivity contribution in [3.8, 4) is 11.5 Å². The molecule has 1 aliphatic rings. The van der Waals surface area contributed by atoms with Crippen LogP contribution in [0, 0.1) is 0 Å². The van der Waals surface area contributed by atoms with Gasteiger partial charge in [0.25, 0.3) is 0 Å². The summed E-state index contributed by atoms with van der Waals surface area (Å²) in [7, 11) is 1.50. The van der Waals surface area contributed by atoms with Gasteiger partial charge in [-0.15, -0.1) is 0 Å². The lowest BCUT2D eigenvalue weighted by Gasteiger charge is -2.10. The zero-order chi connectivity index (χ0) is 14.4. The van der Waals surface area contributed by atoms with Crippen molar-refractivity contribution in [1.82, 2.24) is 5.32 Å². The summed E-state index contributed by atoms with van der Waals surface area (Å²) in [6, 6.07) is 5.65. The number of aryl methyl sites for hydroxylation is 1. The molecule has 1 aliphatic heterocycles. The summed E-state index contributed by atoms with van der Waals surface area (Å²) in [6.07, 6.45) is 0.303. The molecule has 1 unspecified atom stereocenters. The molecule has 0 spiro atoms. The molecule has 1 aromatic rings. The minimum Gasteiger partial charge on any atom is -0.454 e. The van der Waals surface area contributed by atoms with Gasteiger partial charge in [-0.2, -0.15) is 0 Å². The number of carbonyl (C=O) groups excluding carboxylic acids is 1. The predicted octanol–water partition coefficient (Wildman–Crippen LogP) is 0.471. The Bertz CT molecular complexity index is 463. The van der Waals surface area contributed by atoms with Crippen molar-refractivity contribution in [2.75, 3.05) is 27.1 Å². The highest BCUT2D eigenvalue weighted by Crippen LogP contribution is 2.32. The molecule has 0 bridgehead atoms. The molecule has 0 radical (unpaired) electrons. The first kappa shape index (κ1) is 14.6. The molecule has 1 atom stereocenters. The zero-order valence-corrected chi connectivity index (χ0v) is 11.4. The third kappa shape index (κ3) is 4.11. The predicted molar refractivity (Wildman–Crippen MR) is 71.8 cm³/mol. The first-order valence-corrected chi connectivity index (χ1v) is 6.51. The molecule has 0 fully saturated rings. The number of methoxy groups -OCH3 is 1. The van der Waals surface area contributed by atoms with Crippen LogP contribution in [0.4, 0.5) is 0 Å². The van der Waals surface area contributed by atoms with Crippen LogP contribution in [0.25, 0.3) is 0 Å². The summed E-state index contributed by atoms with van der Waals surface area (Å²) in [4.78, 5) is 11.6. The lowest BCUT2D eigenvalue weighted by Crippen LogP contribution is -2.34. The Morgan fingerprint density at radius 3 is 3.05 bits per heavy atom. The number of rotatable bonds is 7.